The van der Waals surface area contributed by atoms with Crippen LogP contribution >= 0.6 is 0 Å². The summed E-state index contributed by atoms with van der Waals surface area (Å²) in [4.78, 5) is 7.64. The lowest BCUT2D eigenvalue weighted by Gasteiger charge is -2.11. The van der Waals surface area contributed by atoms with E-state index < -0.39 is 5.82 Å². The van der Waals surface area contributed by atoms with Gasteiger partial charge in [0, 0.05) is 12.5 Å². The summed E-state index contributed by atoms with van der Waals surface area (Å²) in [5, 5.41) is 3.06. The fourth-order valence-electron chi connectivity index (χ4n) is 1.39. The number of halogens is 1. The van der Waals surface area contributed by atoms with Gasteiger partial charge in [-0.25, -0.2) is 14.4 Å². The van der Waals surface area contributed by atoms with E-state index in [9.17, 15) is 4.39 Å². The molecule has 0 amide bonds. The Labute approximate surface area is 92.5 Å². The number of furan rings is 1. The van der Waals surface area contributed by atoms with Gasteiger partial charge in [0.15, 0.2) is 5.82 Å². The quantitative estimate of drug-likeness (QED) is 0.860. The van der Waals surface area contributed by atoms with E-state index in [1.165, 1.54) is 0 Å². The zero-order valence-corrected chi connectivity index (χ0v) is 8.85. The maximum atomic E-state index is 12.6. The van der Waals surface area contributed by atoms with Crippen LogP contribution in [0.3, 0.4) is 0 Å². The van der Waals surface area contributed by atoms with Crippen LogP contribution in [0.2, 0.25) is 0 Å². The molecule has 1 atom stereocenters. The van der Waals surface area contributed by atoms with E-state index in [4.69, 9.17) is 4.42 Å². The molecule has 0 aliphatic rings. The Kier molecular flexibility index (Phi) is 3.14. The first-order chi connectivity index (χ1) is 7.74. The summed E-state index contributed by atoms with van der Waals surface area (Å²) >= 11 is 0. The van der Waals surface area contributed by atoms with Gasteiger partial charge in [-0.15, -0.1) is 0 Å². The minimum Gasteiger partial charge on any atom is -0.469 e. The van der Waals surface area contributed by atoms with Crippen LogP contribution in [-0.2, 0) is 6.42 Å². The topological polar surface area (TPSA) is 51.0 Å². The Morgan fingerprint density at radius 2 is 2.19 bits per heavy atom. The van der Waals surface area contributed by atoms with Crippen LogP contribution in [0.5, 0.6) is 0 Å². The van der Waals surface area contributed by atoms with E-state index in [0.717, 1.165) is 24.6 Å². The van der Waals surface area contributed by atoms with Crippen molar-refractivity contribution in [3.63, 3.8) is 0 Å². The summed E-state index contributed by atoms with van der Waals surface area (Å²) in [6, 6.07) is 3.87. The Balaban J connectivity index is 1.92. The molecular formula is C11H12FN3O. The Bertz CT molecular complexity index is 427. The summed E-state index contributed by atoms with van der Waals surface area (Å²) in [7, 11) is 0. The summed E-state index contributed by atoms with van der Waals surface area (Å²) in [6.07, 6.45) is 4.63. The third kappa shape index (κ3) is 2.79. The zero-order chi connectivity index (χ0) is 11.4. The lowest BCUT2D eigenvalue weighted by molar-refractivity contribution is 0.497. The van der Waals surface area contributed by atoms with Crippen LogP contribution in [0.1, 0.15) is 12.7 Å². The van der Waals surface area contributed by atoms with Gasteiger partial charge in [0.1, 0.15) is 5.76 Å². The van der Waals surface area contributed by atoms with Crippen molar-refractivity contribution < 1.29 is 8.81 Å². The largest absolute Gasteiger partial charge is 0.469 e. The van der Waals surface area contributed by atoms with Crippen molar-refractivity contribution in [2.75, 3.05) is 5.32 Å². The highest BCUT2D eigenvalue weighted by atomic mass is 19.1. The first-order valence-corrected chi connectivity index (χ1v) is 5.00. The smallest absolute Gasteiger partial charge is 0.222 e. The van der Waals surface area contributed by atoms with Gasteiger partial charge in [-0.1, -0.05) is 0 Å². The molecular weight excluding hydrogens is 209 g/mol. The zero-order valence-electron chi connectivity index (χ0n) is 8.85. The summed E-state index contributed by atoms with van der Waals surface area (Å²) in [5.41, 5.74) is 0. The predicted molar refractivity (Wildman–Crippen MR) is 57.5 cm³/mol. The molecule has 2 rings (SSSR count). The van der Waals surface area contributed by atoms with Gasteiger partial charge < -0.3 is 9.73 Å². The number of anilines is 1. The van der Waals surface area contributed by atoms with Crippen molar-refractivity contribution in [1.82, 2.24) is 9.97 Å². The second kappa shape index (κ2) is 4.74. The van der Waals surface area contributed by atoms with Gasteiger partial charge in [-0.2, -0.15) is 0 Å². The molecule has 0 radical (unpaired) electrons. The molecule has 2 heterocycles. The van der Waals surface area contributed by atoms with Gasteiger partial charge in [0.25, 0.3) is 0 Å². The molecule has 0 bridgehead atoms. The fourth-order valence-corrected chi connectivity index (χ4v) is 1.39. The highest BCUT2D eigenvalue weighted by Gasteiger charge is 2.06. The highest BCUT2D eigenvalue weighted by Crippen LogP contribution is 2.07. The number of rotatable bonds is 4. The van der Waals surface area contributed by atoms with E-state index >= 15 is 0 Å². The van der Waals surface area contributed by atoms with Crippen molar-refractivity contribution in [3.05, 3.63) is 42.4 Å². The van der Waals surface area contributed by atoms with Gasteiger partial charge in [-0.3, -0.25) is 0 Å². The van der Waals surface area contributed by atoms with Crippen molar-refractivity contribution in [1.29, 1.82) is 0 Å². The summed E-state index contributed by atoms with van der Waals surface area (Å²) in [6.45, 7) is 1.98. The molecule has 4 nitrogen and oxygen atoms in total. The molecule has 1 N–H and O–H groups in total. The normalized spacial score (nSPS) is 12.4. The average molecular weight is 221 g/mol. The average Bonchev–Trinajstić information content (AvgIpc) is 2.74. The molecule has 0 aromatic carbocycles. The molecule has 0 aliphatic carbocycles. The number of nitrogens with zero attached hydrogens (tertiary/aromatic N) is 2. The fraction of sp³-hybridized carbons (Fsp3) is 0.273. The molecule has 2 aromatic rings. The van der Waals surface area contributed by atoms with Gasteiger partial charge >= 0.3 is 0 Å². The van der Waals surface area contributed by atoms with E-state index in [2.05, 4.69) is 15.3 Å². The van der Waals surface area contributed by atoms with E-state index in [1.54, 1.807) is 6.26 Å². The Morgan fingerprint density at radius 3 is 2.81 bits per heavy atom. The minimum absolute atomic E-state index is 0.122. The van der Waals surface area contributed by atoms with Crippen LogP contribution in [-0.4, -0.2) is 16.0 Å². The highest BCUT2D eigenvalue weighted by molar-refractivity contribution is 5.24. The van der Waals surface area contributed by atoms with Crippen LogP contribution in [0.4, 0.5) is 10.3 Å². The van der Waals surface area contributed by atoms with Crippen LogP contribution < -0.4 is 5.32 Å². The van der Waals surface area contributed by atoms with E-state index in [-0.39, 0.29) is 6.04 Å². The second-order valence-corrected chi connectivity index (χ2v) is 3.55. The van der Waals surface area contributed by atoms with Crippen molar-refractivity contribution in [2.45, 2.75) is 19.4 Å². The van der Waals surface area contributed by atoms with Crippen molar-refractivity contribution >= 4 is 5.95 Å². The van der Waals surface area contributed by atoms with E-state index in [1.807, 2.05) is 19.1 Å². The lowest BCUT2D eigenvalue weighted by atomic mass is 10.2. The number of aromatic nitrogens is 2. The Morgan fingerprint density at radius 1 is 1.44 bits per heavy atom. The molecule has 5 heteroatoms. The molecule has 0 spiro atoms. The second-order valence-electron chi connectivity index (χ2n) is 3.55. The standard InChI is InChI=1S/C11H12FN3O/c1-8(5-10-3-2-4-16-10)15-11-13-6-9(12)7-14-11/h2-4,6-8H,5H2,1H3,(H,13,14,15). The van der Waals surface area contributed by atoms with Crippen LogP contribution in [0.25, 0.3) is 0 Å². The maximum absolute atomic E-state index is 12.6. The number of nitrogens with one attached hydrogen (secondary N) is 1. The molecule has 1 unspecified atom stereocenters. The maximum Gasteiger partial charge on any atom is 0.222 e. The Hall–Kier alpha value is -1.91. The first kappa shape index (κ1) is 10.6. The molecule has 0 fully saturated rings. The molecule has 0 aliphatic heterocycles. The van der Waals surface area contributed by atoms with Crippen molar-refractivity contribution in [3.8, 4) is 0 Å². The molecule has 2 aromatic heterocycles. The van der Waals surface area contributed by atoms with E-state index in [0.29, 0.717) is 5.95 Å². The molecule has 0 saturated carbocycles. The lowest BCUT2D eigenvalue weighted by Crippen LogP contribution is -2.19. The summed E-state index contributed by atoms with van der Waals surface area (Å²) < 4.78 is 17.8. The molecule has 16 heavy (non-hydrogen) atoms. The number of hydrogen-bond acceptors (Lipinski definition) is 4. The third-order valence-corrected chi connectivity index (χ3v) is 2.08. The van der Waals surface area contributed by atoms with Gasteiger partial charge in [0.05, 0.1) is 18.7 Å². The monoisotopic (exact) mass is 221 g/mol. The predicted octanol–water partition coefficient (Wildman–Crippen LogP) is 2.25. The molecule has 84 valence electrons. The third-order valence-electron chi connectivity index (χ3n) is 2.08. The minimum atomic E-state index is -0.441. The number of hydrogen-bond donors (Lipinski definition) is 1. The molecule has 0 saturated heterocycles. The van der Waals surface area contributed by atoms with Gasteiger partial charge in [0.2, 0.25) is 5.95 Å². The first-order valence-electron chi connectivity index (χ1n) is 5.00. The van der Waals surface area contributed by atoms with Crippen LogP contribution in [0, 0.1) is 5.82 Å². The van der Waals surface area contributed by atoms with Crippen molar-refractivity contribution in [2.24, 2.45) is 0 Å². The summed E-state index contributed by atoms with van der Waals surface area (Å²) in [5.74, 6) is 0.867. The van der Waals surface area contributed by atoms with Gasteiger partial charge in [-0.05, 0) is 19.1 Å². The van der Waals surface area contributed by atoms with Crippen LogP contribution in [0.15, 0.2) is 35.2 Å². The SMILES string of the molecule is CC(Cc1ccco1)Nc1ncc(F)cn1.